The van der Waals surface area contributed by atoms with Gasteiger partial charge in [0.1, 0.15) is 33.0 Å². The molecule has 32 nitrogen and oxygen atoms in total. The molecule has 108 heavy (non-hydrogen) atoms. The summed E-state index contributed by atoms with van der Waals surface area (Å²) >= 11 is 0. The number of rotatable bonds is 58. The van der Waals surface area contributed by atoms with Gasteiger partial charge in [-0.05, 0) is 53.9 Å². The molecule has 1 aromatic carbocycles. The molecule has 0 aromatic heterocycles. The largest absolute Gasteiger partial charge is 0.463 e. The van der Waals surface area contributed by atoms with Gasteiger partial charge in [0.15, 0.2) is 24.6 Å². The fourth-order valence-corrected chi connectivity index (χ4v) is 12.0. The van der Waals surface area contributed by atoms with Gasteiger partial charge >= 0.3 is 24.0 Å². The lowest BCUT2D eigenvalue weighted by Crippen LogP contribution is -2.58. The second kappa shape index (κ2) is 55.6. The van der Waals surface area contributed by atoms with Crippen molar-refractivity contribution in [2.75, 3.05) is 178 Å². The smallest absolute Gasteiger partial charge is 0.407 e. The molecular formula is C76H129N5O27. The van der Waals surface area contributed by atoms with E-state index in [1.54, 1.807) is 0 Å². The van der Waals surface area contributed by atoms with Gasteiger partial charge in [0.2, 0.25) is 23.6 Å². The summed E-state index contributed by atoms with van der Waals surface area (Å²) in [5.41, 5.74) is -0.957. The number of ether oxygens (including phenoxy) is 19. The number of nitrogens with one attached hydrogen (secondary N) is 5. The Labute approximate surface area is 638 Å². The van der Waals surface area contributed by atoms with Crippen LogP contribution in [0.3, 0.4) is 0 Å². The van der Waals surface area contributed by atoms with Crippen LogP contribution in [0.25, 0.3) is 0 Å². The highest BCUT2D eigenvalue weighted by Gasteiger charge is 2.43. The number of esters is 3. The quantitative estimate of drug-likeness (QED) is 0.0242. The Balaban J connectivity index is 1.26. The highest BCUT2D eigenvalue weighted by atomic mass is 16.7. The molecule has 5 N–H and O–H groups in total. The maximum absolute atomic E-state index is 13.9. The Morgan fingerprint density at radius 3 is 1.12 bits per heavy atom. The van der Waals surface area contributed by atoms with Crippen LogP contribution >= 0.6 is 0 Å². The molecule has 15 atom stereocenters. The topological polar surface area (TPSA) is 372 Å². The van der Waals surface area contributed by atoms with Crippen LogP contribution in [0.5, 0.6) is 0 Å². The van der Waals surface area contributed by atoms with Crippen molar-refractivity contribution < 1.29 is 128 Å². The van der Waals surface area contributed by atoms with Gasteiger partial charge in [-0.1, -0.05) is 99.1 Å². The molecule has 3 aliphatic heterocycles. The summed E-state index contributed by atoms with van der Waals surface area (Å²) in [6, 6.07) is 9.28. The predicted molar refractivity (Wildman–Crippen MR) is 391 cm³/mol. The van der Waals surface area contributed by atoms with E-state index in [1.807, 2.05) is 30.3 Å². The monoisotopic (exact) mass is 1540 g/mol. The zero-order chi connectivity index (χ0) is 78.9. The van der Waals surface area contributed by atoms with Crippen LogP contribution < -0.4 is 26.6 Å². The van der Waals surface area contributed by atoms with E-state index in [1.165, 1.54) is 20.8 Å². The van der Waals surface area contributed by atoms with Crippen LogP contribution in [0.15, 0.2) is 30.3 Å². The molecule has 0 saturated carbocycles. The molecule has 3 heterocycles. The molecule has 3 fully saturated rings. The van der Waals surface area contributed by atoms with Crippen LogP contribution in [-0.4, -0.2) is 269 Å². The molecule has 620 valence electrons. The van der Waals surface area contributed by atoms with Crippen molar-refractivity contribution in [1.29, 1.82) is 0 Å². The molecule has 0 radical (unpaired) electrons. The van der Waals surface area contributed by atoms with E-state index in [-0.39, 0.29) is 279 Å². The molecule has 0 spiro atoms. The van der Waals surface area contributed by atoms with Crippen LogP contribution in [0, 0.1) is 53.3 Å². The zero-order valence-corrected chi connectivity index (χ0v) is 66.1. The summed E-state index contributed by atoms with van der Waals surface area (Å²) in [6.45, 7) is 26.6. The molecular weight excluding hydrogens is 1410 g/mol. The minimum absolute atomic E-state index is 0.0113. The maximum atomic E-state index is 13.9. The van der Waals surface area contributed by atoms with Crippen molar-refractivity contribution in [3.8, 4) is 0 Å². The van der Waals surface area contributed by atoms with Gasteiger partial charge in [0.05, 0.1) is 144 Å². The van der Waals surface area contributed by atoms with Gasteiger partial charge in [-0.25, -0.2) is 4.79 Å². The SMILES string of the molecule is CC(=O)OCC1OC(OCCOCCOCCNC(=O)CCOCC(COCCC(=O)NCCOCCOCCOC2OC(COC(C)=O)C(C)C(C)C2C)(NC(=O)CCCCCNC(=O)OCc2ccccc2)OCC(=O)NCCOCCOCCOC2OC(COC(C)=O)C(C)C(C)C2C)C(C)C(C)C1C. The number of hydrogen-bond acceptors (Lipinski definition) is 27. The summed E-state index contributed by atoms with van der Waals surface area (Å²) < 4.78 is 110. The summed E-state index contributed by atoms with van der Waals surface area (Å²) in [5.74, 6) is -1.11. The molecule has 3 saturated heterocycles. The minimum Gasteiger partial charge on any atom is -0.463 e. The lowest BCUT2D eigenvalue weighted by Gasteiger charge is -2.43. The van der Waals surface area contributed by atoms with Gasteiger partial charge in [-0.15, -0.1) is 0 Å². The normalized spacial score (nSPS) is 24.7. The first-order valence-corrected chi connectivity index (χ1v) is 38.4. The van der Waals surface area contributed by atoms with Gasteiger partial charge in [-0.3, -0.25) is 33.6 Å². The van der Waals surface area contributed by atoms with E-state index in [0.717, 1.165) is 5.56 Å². The minimum atomic E-state index is -1.81. The first-order valence-electron chi connectivity index (χ1n) is 38.4. The van der Waals surface area contributed by atoms with Crippen molar-refractivity contribution in [3.63, 3.8) is 0 Å². The van der Waals surface area contributed by atoms with Crippen molar-refractivity contribution in [3.05, 3.63) is 35.9 Å². The number of carbonyl (C=O) groups excluding carboxylic acids is 8. The van der Waals surface area contributed by atoms with E-state index in [4.69, 9.17) is 90.0 Å². The number of benzene rings is 1. The molecule has 32 heteroatoms. The number of unbranched alkanes of at least 4 members (excludes halogenated alkanes) is 2. The van der Waals surface area contributed by atoms with E-state index >= 15 is 0 Å². The summed E-state index contributed by atoms with van der Waals surface area (Å²) in [6.07, 6.45) is -1.50. The molecule has 4 rings (SSSR count). The number of carbonyl (C=O) groups is 8. The first-order chi connectivity index (χ1) is 51.9. The third kappa shape index (κ3) is 39.9. The third-order valence-electron chi connectivity index (χ3n) is 19.7. The lowest BCUT2D eigenvalue weighted by molar-refractivity contribution is -0.258. The first kappa shape index (κ1) is 94.6. The molecule has 5 amide bonds. The molecule has 0 aliphatic carbocycles. The summed E-state index contributed by atoms with van der Waals surface area (Å²) in [4.78, 5) is 100. The Morgan fingerprint density at radius 1 is 0.361 bits per heavy atom. The van der Waals surface area contributed by atoms with Crippen LogP contribution in [-0.2, 0) is 130 Å². The molecule has 0 bridgehead atoms. The second-order valence-electron chi connectivity index (χ2n) is 27.8. The van der Waals surface area contributed by atoms with Crippen LogP contribution in [0.2, 0.25) is 0 Å². The fourth-order valence-electron chi connectivity index (χ4n) is 12.0. The fraction of sp³-hybridized carbons (Fsp3) is 0.816. The maximum Gasteiger partial charge on any atom is 0.407 e. The van der Waals surface area contributed by atoms with Crippen molar-refractivity contribution >= 4 is 47.6 Å². The van der Waals surface area contributed by atoms with Crippen molar-refractivity contribution in [2.45, 2.75) is 171 Å². The zero-order valence-electron chi connectivity index (χ0n) is 66.1. The highest BCUT2D eigenvalue weighted by Crippen LogP contribution is 2.38. The van der Waals surface area contributed by atoms with E-state index < -0.39 is 49.1 Å². The molecule has 1 aromatic rings. The molecule has 3 aliphatic rings. The van der Waals surface area contributed by atoms with Crippen LogP contribution in [0.4, 0.5) is 4.79 Å². The van der Waals surface area contributed by atoms with E-state index in [0.29, 0.717) is 39.0 Å². The third-order valence-corrected chi connectivity index (χ3v) is 19.7. The summed E-state index contributed by atoms with van der Waals surface area (Å²) in [7, 11) is 0. The number of amides is 5. The van der Waals surface area contributed by atoms with Crippen molar-refractivity contribution in [2.24, 2.45) is 53.3 Å². The Morgan fingerprint density at radius 2 is 0.731 bits per heavy atom. The standard InChI is InChI=1S/C76H129N5O27/c1-52-55(4)65(46-101-61(10)82)106-72(58(52)7)98-42-39-93-36-33-90-30-25-77-68(85)22-28-96-50-76(81-70(87)21-17-14-18-24-80-75(89)104-45-64-19-15-13-16-20-64,105-49-71(88)79-27-32-92-35-38-95-41-44-100-74-60(9)54(3)57(6)67(108-74)48-103-63(12)84)51-97-29-23-69(86)78-26-31-91-34-37-94-40-43-99-73-59(8)53(2)56(5)66(107-73)47-102-62(11)83/h13,15-16,19-20,52-60,65-67,72-74H,14,17-18,21-51H2,1-12H3,(H,77,85)(H,78,86)(H,79,88)(H,80,89)(H,81,87). The van der Waals surface area contributed by atoms with Crippen LogP contribution in [0.1, 0.15) is 127 Å². The second-order valence-corrected chi connectivity index (χ2v) is 27.8. The lowest BCUT2D eigenvalue weighted by atomic mass is 9.79. The highest BCUT2D eigenvalue weighted by molar-refractivity contribution is 5.78. The Hall–Kier alpha value is -5.82. The van der Waals surface area contributed by atoms with Gasteiger partial charge in [0, 0.05) is 84.0 Å². The number of alkyl carbamates (subject to hydrolysis) is 1. The molecule has 15 unspecified atom stereocenters. The van der Waals surface area contributed by atoms with E-state index in [9.17, 15) is 38.4 Å². The average Bonchev–Trinajstić information content (AvgIpc) is 0.864. The average molecular weight is 1540 g/mol. The van der Waals surface area contributed by atoms with E-state index in [2.05, 4.69) is 88.9 Å². The van der Waals surface area contributed by atoms with Gasteiger partial charge in [-0.2, -0.15) is 0 Å². The van der Waals surface area contributed by atoms with Gasteiger partial charge < -0.3 is 117 Å². The Bertz CT molecular complexity index is 2580. The predicted octanol–water partition coefficient (Wildman–Crippen LogP) is 5.20. The van der Waals surface area contributed by atoms with Gasteiger partial charge in [0.25, 0.3) is 0 Å². The summed E-state index contributed by atoms with van der Waals surface area (Å²) in [5, 5.41) is 14.0. The van der Waals surface area contributed by atoms with Crippen molar-refractivity contribution in [1.82, 2.24) is 26.6 Å². The Kier molecular flexibility index (Phi) is 48.7. The number of hydrogen-bond donors (Lipinski definition) is 5.